The Kier molecular flexibility index (Phi) is 4.78. The highest BCUT2D eigenvalue weighted by Crippen LogP contribution is 2.31. The van der Waals surface area contributed by atoms with Gasteiger partial charge >= 0.3 is 6.61 Å². The van der Waals surface area contributed by atoms with E-state index in [1.54, 1.807) is 24.3 Å². The predicted molar refractivity (Wildman–Crippen MR) is 86.0 cm³/mol. The van der Waals surface area contributed by atoms with Gasteiger partial charge in [-0.1, -0.05) is 12.1 Å². The van der Waals surface area contributed by atoms with E-state index in [1.165, 1.54) is 29.2 Å². The van der Waals surface area contributed by atoms with Crippen LogP contribution in [0.15, 0.2) is 48.5 Å². The first kappa shape index (κ1) is 16.7. The van der Waals surface area contributed by atoms with E-state index in [9.17, 15) is 18.4 Å². The minimum Gasteiger partial charge on any atom is -0.482 e. The first-order valence-electron chi connectivity index (χ1n) is 7.40. The lowest BCUT2D eigenvalue weighted by Crippen LogP contribution is -2.43. The molecule has 25 heavy (non-hydrogen) atoms. The fraction of sp³-hybridized carbons (Fsp3) is 0.176. The number of carbonyl (C=O) groups is 2. The van der Waals surface area contributed by atoms with E-state index in [2.05, 4.69) is 10.1 Å². The van der Waals surface area contributed by atoms with E-state index in [-0.39, 0.29) is 24.8 Å². The molecular formula is C17H14F2N2O4. The second-order valence-electron chi connectivity index (χ2n) is 5.19. The molecule has 8 heteroatoms. The summed E-state index contributed by atoms with van der Waals surface area (Å²) in [6.45, 7) is -3.23. The number of hydrogen-bond donors (Lipinski definition) is 1. The molecular weight excluding hydrogens is 334 g/mol. The maximum Gasteiger partial charge on any atom is 0.387 e. The van der Waals surface area contributed by atoms with Crippen molar-refractivity contribution in [3.63, 3.8) is 0 Å². The highest BCUT2D eigenvalue weighted by molar-refractivity contribution is 6.04. The Hall–Kier alpha value is -3.16. The van der Waals surface area contributed by atoms with Crippen LogP contribution in [0.4, 0.5) is 20.2 Å². The van der Waals surface area contributed by atoms with Gasteiger partial charge in [-0.05, 0) is 36.4 Å². The van der Waals surface area contributed by atoms with Gasteiger partial charge in [-0.2, -0.15) is 8.78 Å². The van der Waals surface area contributed by atoms with Crippen molar-refractivity contribution in [2.24, 2.45) is 0 Å². The maximum atomic E-state index is 12.2. The van der Waals surface area contributed by atoms with E-state index in [0.29, 0.717) is 17.1 Å². The molecule has 0 atom stereocenters. The van der Waals surface area contributed by atoms with Crippen molar-refractivity contribution >= 4 is 23.2 Å². The van der Waals surface area contributed by atoms with Crippen molar-refractivity contribution in [1.29, 1.82) is 0 Å². The summed E-state index contributed by atoms with van der Waals surface area (Å²) in [6.07, 6.45) is 0. The average Bonchev–Trinajstić information content (AvgIpc) is 2.59. The second-order valence-corrected chi connectivity index (χ2v) is 5.19. The molecule has 0 aromatic heterocycles. The number of amides is 2. The largest absolute Gasteiger partial charge is 0.482 e. The normalized spacial score (nSPS) is 13.2. The summed E-state index contributed by atoms with van der Waals surface area (Å²) < 4.78 is 33.8. The maximum absolute atomic E-state index is 12.2. The van der Waals surface area contributed by atoms with E-state index in [0.717, 1.165) is 0 Å². The molecule has 0 spiro atoms. The van der Waals surface area contributed by atoms with Gasteiger partial charge in [0.2, 0.25) is 5.91 Å². The minimum atomic E-state index is -2.91. The zero-order valence-corrected chi connectivity index (χ0v) is 12.9. The Morgan fingerprint density at radius 2 is 1.92 bits per heavy atom. The van der Waals surface area contributed by atoms with Crippen LogP contribution in [0, 0.1) is 0 Å². The van der Waals surface area contributed by atoms with Gasteiger partial charge < -0.3 is 14.8 Å². The Bertz CT molecular complexity index is 780. The molecule has 2 aromatic carbocycles. The molecule has 2 amide bonds. The van der Waals surface area contributed by atoms with Crippen LogP contribution in [0.3, 0.4) is 0 Å². The van der Waals surface area contributed by atoms with Crippen LogP contribution in [0.1, 0.15) is 0 Å². The second kappa shape index (κ2) is 7.16. The molecule has 2 aromatic rings. The Balaban J connectivity index is 1.65. The number of anilines is 2. The molecule has 0 radical (unpaired) electrons. The van der Waals surface area contributed by atoms with Crippen molar-refractivity contribution < 1.29 is 27.8 Å². The number of rotatable bonds is 5. The van der Waals surface area contributed by atoms with E-state index < -0.39 is 12.5 Å². The quantitative estimate of drug-likeness (QED) is 0.902. The number of alkyl halides is 2. The first-order valence-corrected chi connectivity index (χ1v) is 7.40. The van der Waals surface area contributed by atoms with Crippen LogP contribution in [-0.2, 0) is 9.59 Å². The molecule has 130 valence electrons. The van der Waals surface area contributed by atoms with Crippen LogP contribution in [0.5, 0.6) is 11.5 Å². The van der Waals surface area contributed by atoms with Crippen LogP contribution >= 0.6 is 0 Å². The van der Waals surface area contributed by atoms with Crippen molar-refractivity contribution in [3.8, 4) is 11.5 Å². The van der Waals surface area contributed by atoms with Gasteiger partial charge in [0.1, 0.15) is 18.0 Å². The predicted octanol–water partition coefficient (Wildman–Crippen LogP) is 2.65. The zero-order valence-electron chi connectivity index (χ0n) is 12.9. The van der Waals surface area contributed by atoms with Crippen LogP contribution < -0.4 is 19.7 Å². The van der Waals surface area contributed by atoms with Gasteiger partial charge in [0, 0.05) is 5.69 Å². The lowest BCUT2D eigenvalue weighted by atomic mass is 10.2. The van der Waals surface area contributed by atoms with Crippen LogP contribution in [-0.4, -0.2) is 31.6 Å². The number of halogens is 2. The van der Waals surface area contributed by atoms with E-state index in [1.807, 2.05) is 0 Å². The van der Waals surface area contributed by atoms with E-state index in [4.69, 9.17) is 4.74 Å². The number of nitrogens with zero attached hydrogens (tertiary/aromatic N) is 1. The van der Waals surface area contributed by atoms with Crippen molar-refractivity contribution in [2.75, 3.05) is 23.4 Å². The third kappa shape index (κ3) is 4.03. The smallest absolute Gasteiger partial charge is 0.387 e. The molecule has 0 saturated heterocycles. The van der Waals surface area contributed by atoms with Crippen molar-refractivity contribution in [3.05, 3.63) is 48.5 Å². The van der Waals surface area contributed by atoms with Crippen LogP contribution in [0.2, 0.25) is 0 Å². The molecule has 0 bridgehead atoms. The number of ether oxygens (including phenoxy) is 2. The topological polar surface area (TPSA) is 67.9 Å². The molecule has 0 aliphatic carbocycles. The summed E-state index contributed by atoms with van der Waals surface area (Å²) in [4.78, 5) is 25.6. The number of para-hydroxylation sites is 2. The molecule has 6 nitrogen and oxygen atoms in total. The van der Waals surface area contributed by atoms with Gasteiger partial charge in [-0.25, -0.2) is 0 Å². The van der Waals surface area contributed by atoms with Crippen molar-refractivity contribution in [1.82, 2.24) is 0 Å². The highest BCUT2D eigenvalue weighted by atomic mass is 19.3. The molecule has 1 heterocycles. The van der Waals surface area contributed by atoms with Crippen LogP contribution in [0.25, 0.3) is 0 Å². The average molecular weight is 348 g/mol. The molecule has 3 rings (SSSR count). The first-order chi connectivity index (χ1) is 12.0. The van der Waals surface area contributed by atoms with E-state index >= 15 is 0 Å². The zero-order chi connectivity index (χ0) is 17.8. The third-order valence-corrected chi connectivity index (χ3v) is 3.47. The van der Waals surface area contributed by atoms with Gasteiger partial charge in [0.05, 0.1) is 5.69 Å². The molecule has 1 aliphatic rings. The number of nitrogens with one attached hydrogen (secondary N) is 1. The monoisotopic (exact) mass is 348 g/mol. The standard InChI is InChI=1S/C17H14F2N2O4/c18-17(19)25-12-7-5-11(6-8-12)20-15(22)9-21-13-3-1-2-4-14(13)24-10-16(21)23/h1-8,17H,9-10H2,(H,20,22). The highest BCUT2D eigenvalue weighted by Gasteiger charge is 2.26. The minimum absolute atomic E-state index is 0.00900. The lowest BCUT2D eigenvalue weighted by molar-refractivity contribution is -0.123. The fourth-order valence-electron chi connectivity index (χ4n) is 2.39. The Morgan fingerprint density at radius 3 is 2.64 bits per heavy atom. The Morgan fingerprint density at radius 1 is 1.20 bits per heavy atom. The summed E-state index contributed by atoms with van der Waals surface area (Å²) in [7, 11) is 0. The van der Waals surface area contributed by atoms with Gasteiger partial charge in [-0.15, -0.1) is 0 Å². The summed E-state index contributed by atoms with van der Waals surface area (Å²) in [5.41, 5.74) is 0.926. The molecule has 1 N–H and O–H groups in total. The number of carbonyl (C=O) groups excluding carboxylic acids is 2. The molecule has 0 fully saturated rings. The summed E-state index contributed by atoms with van der Waals surface area (Å²) >= 11 is 0. The molecule has 0 unspecified atom stereocenters. The number of fused-ring (bicyclic) bond motifs is 1. The Labute approximate surface area is 141 Å². The van der Waals surface area contributed by atoms with Gasteiger partial charge in [0.25, 0.3) is 5.91 Å². The summed E-state index contributed by atoms with van der Waals surface area (Å²) in [6, 6.07) is 12.4. The fourth-order valence-corrected chi connectivity index (χ4v) is 2.39. The van der Waals surface area contributed by atoms with Gasteiger partial charge in [0.15, 0.2) is 6.61 Å². The van der Waals surface area contributed by atoms with Gasteiger partial charge in [-0.3, -0.25) is 14.5 Å². The molecule has 1 aliphatic heterocycles. The number of hydrogen-bond acceptors (Lipinski definition) is 4. The summed E-state index contributed by atoms with van der Waals surface area (Å²) in [5, 5.41) is 2.60. The third-order valence-electron chi connectivity index (χ3n) is 3.47. The number of benzene rings is 2. The van der Waals surface area contributed by atoms with Crippen molar-refractivity contribution in [2.45, 2.75) is 6.61 Å². The lowest BCUT2D eigenvalue weighted by Gasteiger charge is -2.28. The molecule has 0 saturated carbocycles. The SMILES string of the molecule is O=C(CN1C(=O)COc2ccccc21)Nc1ccc(OC(F)F)cc1. The summed E-state index contributed by atoms with van der Waals surface area (Å²) in [5.74, 6) is -0.226.